The molecule has 0 saturated carbocycles. The number of aliphatic hydroxyl groups is 1. The molecule has 100 valence electrons. The van der Waals surface area contributed by atoms with Gasteiger partial charge in [-0.2, -0.15) is 0 Å². The van der Waals surface area contributed by atoms with Crippen LogP contribution in [0.4, 0.5) is 0 Å². The zero-order valence-corrected chi connectivity index (χ0v) is 11.1. The molecule has 1 aromatic heterocycles. The lowest BCUT2D eigenvalue weighted by Crippen LogP contribution is -2.22. The van der Waals surface area contributed by atoms with Gasteiger partial charge >= 0.3 is 0 Å². The van der Waals surface area contributed by atoms with Crippen molar-refractivity contribution in [2.24, 2.45) is 0 Å². The Labute approximate surface area is 117 Å². The Kier molecular flexibility index (Phi) is 2.92. The van der Waals surface area contributed by atoms with Gasteiger partial charge in [0.1, 0.15) is 11.4 Å². The first-order valence-corrected chi connectivity index (χ1v) is 6.44. The van der Waals surface area contributed by atoms with Crippen molar-refractivity contribution in [1.29, 1.82) is 0 Å². The number of aromatic hydroxyl groups is 1. The molecule has 0 amide bonds. The Bertz CT molecular complexity index is 748. The fraction of sp³-hybridized carbons (Fsp3) is 0.118. The monoisotopic (exact) mass is 265 g/mol. The Morgan fingerprint density at radius 3 is 2.40 bits per heavy atom. The van der Waals surface area contributed by atoms with E-state index in [-0.39, 0.29) is 5.75 Å². The standard InChI is InChI=1S/C17H15NO2/c1-17(20,13-6-8-15(19)9-7-13)14-10-12-4-2-3-5-16(12)18-11-14/h2-11,19-20H,1H3. The molecule has 0 spiro atoms. The van der Waals surface area contributed by atoms with E-state index < -0.39 is 5.60 Å². The average molecular weight is 265 g/mol. The number of benzene rings is 2. The summed E-state index contributed by atoms with van der Waals surface area (Å²) in [5.41, 5.74) is 1.19. The van der Waals surface area contributed by atoms with E-state index in [4.69, 9.17) is 0 Å². The molecule has 0 radical (unpaired) electrons. The molecule has 3 heteroatoms. The summed E-state index contributed by atoms with van der Waals surface area (Å²) in [6.07, 6.45) is 1.69. The second-order valence-corrected chi connectivity index (χ2v) is 5.04. The summed E-state index contributed by atoms with van der Waals surface area (Å²) < 4.78 is 0. The van der Waals surface area contributed by atoms with E-state index in [1.165, 1.54) is 0 Å². The fourth-order valence-corrected chi connectivity index (χ4v) is 2.29. The van der Waals surface area contributed by atoms with E-state index in [1.54, 1.807) is 37.4 Å². The minimum absolute atomic E-state index is 0.182. The quantitative estimate of drug-likeness (QED) is 0.748. The summed E-state index contributed by atoms with van der Waals surface area (Å²) in [5.74, 6) is 0.182. The highest BCUT2D eigenvalue weighted by Crippen LogP contribution is 2.31. The highest BCUT2D eigenvalue weighted by molar-refractivity contribution is 5.79. The summed E-state index contributed by atoms with van der Waals surface area (Å²) in [6, 6.07) is 16.3. The second-order valence-electron chi connectivity index (χ2n) is 5.04. The molecule has 1 atom stereocenters. The van der Waals surface area contributed by atoms with Gasteiger partial charge in [0, 0.05) is 17.1 Å². The first-order valence-electron chi connectivity index (χ1n) is 6.44. The summed E-state index contributed by atoms with van der Waals surface area (Å²) in [7, 11) is 0. The number of aromatic nitrogens is 1. The zero-order chi connectivity index (χ0) is 14.2. The molecule has 0 bridgehead atoms. The highest BCUT2D eigenvalue weighted by Gasteiger charge is 2.26. The van der Waals surface area contributed by atoms with Crippen molar-refractivity contribution >= 4 is 10.9 Å². The SMILES string of the molecule is CC(O)(c1ccc(O)cc1)c1cnc2ccccc2c1. The van der Waals surface area contributed by atoms with Crippen LogP contribution in [-0.4, -0.2) is 15.2 Å². The zero-order valence-electron chi connectivity index (χ0n) is 11.1. The highest BCUT2D eigenvalue weighted by atomic mass is 16.3. The molecule has 3 rings (SSSR count). The Morgan fingerprint density at radius 2 is 1.65 bits per heavy atom. The van der Waals surface area contributed by atoms with Crippen LogP contribution in [0.5, 0.6) is 5.75 Å². The third kappa shape index (κ3) is 2.12. The number of hydrogen-bond donors (Lipinski definition) is 2. The Morgan fingerprint density at radius 1 is 0.950 bits per heavy atom. The van der Waals surface area contributed by atoms with E-state index in [9.17, 15) is 10.2 Å². The van der Waals surface area contributed by atoms with Gasteiger partial charge in [-0.1, -0.05) is 30.3 Å². The van der Waals surface area contributed by atoms with Crippen LogP contribution in [0.15, 0.2) is 60.8 Å². The largest absolute Gasteiger partial charge is 0.508 e. The number of para-hydroxylation sites is 1. The third-order valence-corrected chi connectivity index (χ3v) is 3.58. The molecule has 0 aliphatic rings. The third-order valence-electron chi connectivity index (χ3n) is 3.58. The molecule has 0 fully saturated rings. The maximum atomic E-state index is 10.8. The number of phenols is 1. The maximum Gasteiger partial charge on any atom is 0.115 e. The van der Waals surface area contributed by atoms with Gasteiger partial charge in [-0.25, -0.2) is 0 Å². The normalized spacial score (nSPS) is 14.1. The smallest absolute Gasteiger partial charge is 0.115 e. The van der Waals surface area contributed by atoms with E-state index >= 15 is 0 Å². The Hall–Kier alpha value is -2.39. The minimum atomic E-state index is -1.15. The van der Waals surface area contributed by atoms with E-state index in [0.717, 1.165) is 16.5 Å². The summed E-state index contributed by atoms with van der Waals surface area (Å²) in [4.78, 5) is 4.38. The van der Waals surface area contributed by atoms with Crippen molar-refractivity contribution in [2.45, 2.75) is 12.5 Å². The average Bonchev–Trinajstić information content (AvgIpc) is 2.47. The van der Waals surface area contributed by atoms with Crippen molar-refractivity contribution in [1.82, 2.24) is 4.98 Å². The molecule has 0 aliphatic heterocycles. The molecular weight excluding hydrogens is 250 g/mol. The van der Waals surface area contributed by atoms with E-state index in [0.29, 0.717) is 5.56 Å². The number of rotatable bonds is 2. The molecule has 3 nitrogen and oxygen atoms in total. The molecule has 2 aromatic carbocycles. The summed E-state index contributed by atoms with van der Waals surface area (Å²) in [5, 5.41) is 21.1. The predicted molar refractivity (Wildman–Crippen MR) is 78.5 cm³/mol. The summed E-state index contributed by atoms with van der Waals surface area (Å²) >= 11 is 0. The molecule has 0 saturated heterocycles. The van der Waals surface area contributed by atoms with Crippen LogP contribution >= 0.6 is 0 Å². The van der Waals surface area contributed by atoms with Crippen LogP contribution in [0.25, 0.3) is 10.9 Å². The molecule has 20 heavy (non-hydrogen) atoms. The first kappa shape index (κ1) is 12.6. The lowest BCUT2D eigenvalue weighted by molar-refractivity contribution is 0.102. The van der Waals surface area contributed by atoms with Gasteiger partial charge in [-0.05, 0) is 36.8 Å². The number of fused-ring (bicyclic) bond motifs is 1. The van der Waals surface area contributed by atoms with Crippen molar-refractivity contribution in [3.63, 3.8) is 0 Å². The molecule has 1 heterocycles. The van der Waals surface area contributed by atoms with Crippen LogP contribution in [0.2, 0.25) is 0 Å². The van der Waals surface area contributed by atoms with Crippen LogP contribution in [0, 0.1) is 0 Å². The van der Waals surface area contributed by atoms with E-state index in [1.807, 2.05) is 30.3 Å². The van der Waals surface area contributed by atoms with Gasteiger partial charge in [0.05, 0.1) is 5.52 Å². The second kappa shape index (κ2) is 4.62. The van der Waals surface area contributed by atoms with Crippen molar-refractivity contribution in [2.75, 3.05) is 0 Å². The van der Waals surface area contributed by atoms with Crippen molar-refractivity contribution < 1.29 is 10.2 Å². The fourth-order valence-electron chi connectivity index (χ4n) is 2.29. The van der Waals surface area contributed by atoms with Gasteiger partial charge in [0.25, 0.3) is 0 Å². The molecule has 1 unspecified atom stereocenters. The van der Waals surface area contributed by atoms with Crippen LogP contribution in [-0.2, 0) is 5.60 Å². The van der Waals surface area contributed by atoms with Gasteiger partial charge < -0.3 is 10.2 Å². The molecule has 3 aromatic rings. The van der Waals surface area contributed by atoms with Gasteiger partial charge in [-0.3, -0.25) is 4.98 Å². The number of phenolic OH excluding ortho intramolecular Hbond substituents is 1. The lowest BCUT2D eigenvalue weighted by Gasteiger charge is -2.24. The maximum absolute atomic E-state index is 10.8. The van der Waals surface area contributed by atoms with E-state index in [2.05, 4.69) is 4.98 Å². The molecular formula is C17H15NO2. The minimum Gasteiger partial charge on any atom is -0.508 e. The molecule has 0 aliphatic carbocycles. The predicted octanol–water partition coefficient (Wildman–Crippen LogP) is 3.20. The first-order chi connectivity index (χ1) is 9.57. The van der Waals surface area contributed by atoms with Crippen molar-refractivity contribution in [3.8, 4) is 5.75 Å². The van der Waals surface area contributed by atoms with Gasteiger partial charge in [-0.15, -0.1) is 0 Å². The number of pyridine rings is 1. The lowest BCUT2D eigenvalue weighted by atomic mass is 9.88. The number of nitrogens with zero attached hydrogens (tertiary/aromatic N) is 1. The van der Waals surface area contributed by atoms with Gasteiger partial charge in [0.2, 0.25) is 0 Å². The van der Waals surface area contributed by atoms with Crippen LogP contribution in [0.1, 0.15) is 18.1 Å². The summed E-state index contributed by atoms with van der Waals surface area (Å²) in [6.45, 7) is 1.73. The van der Waals surface area contributed by atoms with Gasteiger partial charge in [0.15, 0.2) is 0 Å². The topological polar surface area (TPSA) is 53.4 Å². The van der Waals surface area contributed by atoms with Crippen molar-refractivity contribution in [3.05, 3.63) is 71.9 Å². The van der Waals surface area contributed by atoms with Crippen LogP contribution < -0.4 is 0 Å². The number of hydrogen-bond acceptors (Lipinski definition) is 3. The Balaban J connectivity index is 2.10. The van der Waals surface area contributed by atoms with Crippen LogP contribution in [0.3, 0.4) is 0 Å². The molecule has 2 N–H and O–H groups in total.